The van der Waals surface area contributed by atoms with Crippen molar-refractivity contribution in [3.8, 4) is 5.69 Å². The highest BCUT2D eigenvalue weighted by molar-refractivity contribution is 5.96. The van der Waals surface area contributed by atoms with Gasteiger partial charge in [0.25, 0.3) is 0 Å². The molecule has 8 heteroatoms. The maximum absolute atomic E-state index is 13.9. The molecule has 1 aliphatic carbocycles. The van der Waals surface area contributed by atoms with E-state index in [1.54, 1.807) is 29.2 Å². The Bertz CT molecular complexity index is 1250. The number of carbonyl (C=O) groups excluding carboxylic acids is 1. The highest BCUT2D eigenvalue weighted by atomic mass is 16.5. The quantitative estimate of drug-likeness (QED) is 0.601. The zero-order chi connectivity index (χ0) is 23.2. The SMILES string of the molecule is CC1(C)C(n2oc(=O)n(-c3ccccc3)c2=O)N(c2ccccc2)C(=O)N1C1CCCCC1. The standard InChI is InChI=1S/C25H28N4O4/c1-25(2)21(29-23(31)27(24(32)33-29)19-14-8-4-9-15-19)26(18-12-6-3-7-13-18)22(30)28(25)20-16-10-5-11-17-20/h3-4,6-9,12-15,20-21H,5,10-11,16-17H2,1-2H3. The lowest BCUT2D eigenvalue weighted by molar-refractivity contribution is 0.0605. The van der Waals surface area contributed by atoms with Crippen LogP contribution in [-0.4, -0.2) is 31.8 Å². The molecule has 0 spiro atoms. The van der Waals surface area contributed by atoms with E-state index in [0.29, 0.717) is 11.4 Å². The van der Waals surface area contributed by atoms with Crippen LogP contribution in [0.1, 0.15) is 52.1 Å². The molecule has 0 radical (unpaired) electrons. The fourth-order valence-electron chi connectivity index (χ4n) is 5.39. The van der Waals surface area contributed by atoms with Gasteiger partial charge in [0.05, 0.1) is 11.2 Å². The van der Waals surface area contributed by atoms with E-state index >= 15 is 0 Å². The summed E-state index contributed by atoms with van der Waals surface area (Å²) in [7, 11) is 0. The Kier molecular flexibility index (Phi) is 5.23. The molecule has 1 atom stereocenters. The number of nitrogens with zero attached hydrogens (tertiary/aromatic N) is 4. The molecule has 2 aliphatic rings. The predicted molar refractivity (Wildman–Crippen MR) is 125 cm³/mol. The Balaban J connectivity index is 1.68. The van der Waals surface area contributed by atoms with Gasteiger partial charge in [-0.1, -0.05) is 55.7 Å². The average molecular weight is 449 g/mol. The summed E-state index contributed by atoms with van der Waals surface area (Å²) >= 11 is 0. The second-order valence-electron chi connectivity index (χ2n) is 9.31. The molecule has 0 bridgehead atoms. The third-order valence-electron chi connectivity index (χ3n) is 6.86. The van der Waals surface area contributed by atoms with Crippen molar-refractivity contribution in [1.82, 2.24) is 14.2 Å². The van der Waals surface area contributed by atoms with Gasteiger partial charge in [0.1, 0.15) is 0 Å². The smallest absolute Gasteiger partial charge is 0.314 e. The summed E-state index contributed by atoms with van der Waals surface area (Å²) in [6.45, 7) is 3.89. The molecule has 2 heterocycles. The van der Waals surface area contributed by atoms with E-state index in [4.69, 9.17) is 4.52 Å². The van der Waals surface area contributed by atoms with E-state index in [0.717, 1.165) is 35.0 Å². The van der Waals surface area contributed by atoms with Gasteiger partial charge in [-0.05, 0) is 51.0 Å². The van der Waals surface area contributed by atoms with Crippen molar-refractivity contribution >= 4 is 11.7 Å². The zero-order valence-electron chi connectivity index (χ0n) is 18.9. The maximum Gasteiger partial charge on any atom is 0.447 e. The van der Waals surface area contributed by atoms with Crippen molar-refractivity contribution in [2.24, 2.45) is 0 Å². The number of aromatic nitrogens is 2. The second kappa shape index (κ2) is 8.10. The third kappa shape index (κ3) is 3.41. The third-order valence-corrected chi connectivity index (χ3v) is 6.86. The van der Waals surface area contributed by atoms with Crippen molar-refractivity contribution in [3.05, 3.63) is 81.7 Å². The normalized spacial score (nSPS) is 21.0. The molecule has 3 aromatic rings. The van der Waals surface area contributed by atoms with E-state index in [1.165, 1.54) is 6.42 Å². The van der Waals surface area contributed by atoms with Crippen molar-refractivity contribution in [2.75, 3.05) is 4.90 Å². The van der Waals surface area contributed by atoms with Crippen LogP contribution in [-0.2, 0) is 0 Å². The largest absolute Gasteiger partial charge is 0.447 e. The number of amides is 2. The van der Waals surface area contributed by atoms with Gasteiger partial charge in [-0.2, -0.15) is 4.57 Å². The van der Waals surface area contributed by atoms with Crippen molar-refractivity contribution in [2.45, 2.75) is 63.7 Å². The second-order valence-corrected chi connectivity index (χ2v) is 9.31. The molecule has 1 aromatic heterocycles. The molecule has 2 aromatic carbocycles. The summed E-state index contributed by atoms with van der Waals surface area (Å²) in [4.78, 5) is 43.7. The molecular weight excluding hydrogens is 420 g/mol. The number of anilines is 1. The average Bonchev–Trinajstić information content (AvgIpc) is 3.23. The van der Waals surface area contributed by atoms with Crippen LogP contribution in [0.3, 0.4) is 0 Å². The van der Waals surface area contributed by atoms with Gasteiger partial charge in [-0.15, -0.1) is 4.74 Å². The summed E-state index contributed by atoms with van der Waals surface area (Å²) in [6, 6.07) is 17.8. The van der Waals surface area contributed by atoms with Crippen LogP contribution in [0.2, 0.25) is 0 Å². The summed E-state index contributed by atoms with van der Waals surface area (Å²) in [5, 5.41) is 0. The zero-order valence-corrected chi connectivity index (χ0v) is 18.9. The molecule has 2 amide bonds. The first-order valence-electron chi connectivity index (χ1n) is 11.5. The minimum absolute atomic E-state index is 0.0797. The van der Waals surface area contributed by atoms with Gasteiger partial charge >= 0.3 is 17.5 Å². The minimum atomic E-state index is -0.820. The first-order valence-corrected chi connectivity index (χ1v) is 11.5. The van der Waals surface area contributed by atoms with E-state index in [9.17, 15) is 14.4 Å². The number of benzene rings is 2. The van der Waals surface area contributed by atoms with E-state index in [2.05, 4.69) is 0 Å². The number of hydrogen-bond donors (Lipinski definition) is 0. The molecular formula is C25H28N4O4. The number of carbonyl (C=O) groups is 1. The van der Waals surface area contributed by atoms with Crippen molar-refractivity contribution in [3.63, 3.8) is 0 Å². The Labute approximate surface area is 191 Å². The monoisotopic (exact) mass is 448 g/mol. The summed E-state index contributed by atoms with van der Waals surface area (Å²) in [6.07, 6.45) is 4.33. The Hall–Kier alpha value is -3.55. The van der Waals surface area contributed by atoms with Crippen molar-refractivity contribution < 1.29 is 9.32 Å². The topological polar surface area (TPSA) is 80.7 Å². The number of hydrogen-bond acceptors (Lipinski definition) is 4. The van der Waals surface area contributed by atoms with Crippen LogP contribution in [0.5, 0.6) is 0 Å². The maximum atomic E-state index is 13.9. The Morgan fingerprint density at radius 2 is 1.39 bits per heavy atom. The van der Waals surface area contributed by atoms with Crippen molar-refractivity contribution in [1.29, 1.82) is 0 Å². The lowest BCUT2D eigenvalue weighted by atomic mass is 9.90. The van der Waals surface area contributed by atoms with Gasteiger partial charge < -0.3 is 9.42 Å². The van der Waals surface area contributed by atoms with Gasteiger partial charge in [0, 0.05) is 11.7 Å². The first kappa shape index (κ1) is 21.3. The van der Waals surface area contributed by atoms with Gasteiger partial charge in [0.2, 0.25) is 0 Å². The lowest BCUT2D eigenvalue weighted by Gasteiger charge is -2.40. The molecule has 172 valence electrons. The summed E-state index contributed by atoms with van der Waals surface area (Å²) in [5.74, 6) is -0.779. The highest BCUT2D eigenvalue weighted by Gasteiger charge is 2.57. The minimum Gasteiger partial charge on any atom is -0.314 e. The number of urea groups is 1. The lowest BCUT2D eigenvalue weighted by Crippen LogP contribution is -2.51. The van der Waals surface area contributed by atoms with E-state index < -0.39 is 23.2 Å². The van der Waals surface area contributed by atoms with Crippen LogP contribution in [0, 0.1) is 0 Å². The Morgan fingerprint density at radius 1 is 0.818 bits per heavy atom. The summed E-state index contributed by atoms with van der Waals surface area (Å²) in [5.41, 5.74) is -0.325. The Morgan fingerprint density at radius 3 is 2.00 bits per heavy atom. The van der Waals surface area contributed by atoms with Gasteiger partial charge in [-0.25, -0.2) is 14.4 Å². The molecule has 5 rings (SSSR count). The molecule has 1 aliphatic heterocycles. The molecule has 1 saturated heterocycles. The van der Waals surface area contributed by atoms with E-state index in [1.807, 2.05) is 55.1 Å². The molecule has 2 fully saturated rings. The van der Waals surface area contributed by atoms with E-state index in [-0.39, 0.29) is 12.1 Å². The number of rotatable bonds is 4. The van der Waals surface area contributed by atoms with Crippen LogP contribution in [0.25, 0.3) is 5.69 Å². The first-order chi connectivity index (χ1) is 15.9. The molecule has 8 nitrogen and oxygen atoms in total. The van der Waals surface area contributed by atoms with Gasteiger partial charge in [-0.3, -0.25) is 4.90 Å². The molecule has 0 N–H and O–H groups in total. The molecule has 33 heavy (non-hydrogen) atoms. The van der Waals surface area contributed by atoms with Crippen LogP contribution >= 0.6 is 0 Å². The van der Waals surface area contributed by atoms with Crippen LogP contribution in [0.15, 0.2) is 74.8 Å². The molecule has 1 unspecified atom stereocenters. The summed E-state index contributed by atoms with van der Waals surface area (Å²) < 4.78 is 7.63. The molecule has 1 saturated carbocycles. The number of para-hydroxylation sites is 2. The highest BCUT2D eigenvalue weighted by Crippen LogP contribution is 2.45. The van der Waals surface area contributed by atoms with Gasteiger partial charge in [0.15, 0.2) is 6.17 Å². The fourth-order valence-corrected chi connectivity index (χ4v) is 5.39. The fraction of sp³-hybridized carbons (Fsp3) is 0.400. The van der Waals surface area contributed by atoms with Crippen LogP contribution < -0.4 is 16.3 Å². The predicted octanol–water partition coefficient (Wildman–Crippen LogP) is 4.14. The van der Waals surface area contributed by atoms with Crippen LogP contribution in [0.4, 0.5) is 10.5 Å².